The van der Waals surface area contributed by atoms with Gasteiger partial charge in [-0.1, -0.05) is 11.6 Å². The summed E-state index contributed by atoms with van der Waals surface area (Å²) in [5.41, 5.74) is 5.63. The van der Waals surface area contributed by atoms with E-state index in [0.29, 0.717) is 0 Å². The minimum Gasteiger partial charge on any atom is -0.344 e. The third-order valence-electron chi connectivity index (χ3n) is 3.76. The van der Waals surface area contributed by atoms with Crippen LogP contribution < -0.4 is 0 Å². The molecule has 0 aliphatic rings. The highest BCUT2D eigenvalue weighted by Crippen LogP contribution is 2.32. The summed E-state index contributed by atoms with van der Waals surface area (Å²) in [6.07, 6.45) is 3.50. The first kappa shape index (κ1) is 10.5. The number of hydrogen-bond donors (Lipinski definition) is 0. The van der Waals surface area contributed by atoms with E-state index in [1.54, 1.807) is 12.4 Å². The first-order valence-electron chi connectivity index (χ1n) is 6.34. The van der Waals surface area contributed by atoms with Gasteiger partial charge in [-0.2, -0.15) is 0 Å². The Kier molecular flexibility index (Phi) is 1.96. The molecule has 0 bridgehead atoms. The second kappa shape index (κ2) is 3.54. The lowest BCUT2D eigenvalue weighted by Crippen LogP contribution is -1.87. The normalized spacial score (nSPS) is 11.7. The molecule has 19 heavy (non-hydrogen) atoms. The summed E-state index contributed by atoms with van der Waals surface area (Å²) in [7, 11) is 2.10. The Balaban J connectivity index is 2.39. The van der Waals surface area contributed by atoms with Gasteiger partial charge in [-0.3, -0.25) is 9.97 Å². The fourth-order valence-electron chi connectivity index (χ4n) is 2.84. The Labute approximate surface area is 110 Å². The minimum absolute atomic E-state index is 0.948. The van der Waals surface area contributed by atoms with Gasteiger partial charge < -0.3 is 4.57 Å². The first-order valence-corrected chi connectivity index (χ1v) is 6.34. The quantitative estimate of drug-likeness (QED) is 0.475. The first-order chi connectivity index (χ1) is 9.25. The molecule has 0 saturated heterocycles. The minimum atomic E-state index is 0.948. The highest BCUT2D eigenvalue weighted by Gasteiger charge is 2.12. The van der Waals surface area contributed by atoms with Crippen molar-refractivity contribution in [3.63, 3.8) is 0 Å². The van der Waals surface area contributed by atoms with E-state index >= 15 is 0 Å². The van der Waals surface area contributed by atoms with Crippen molar-refractivity contribution < 1.29 is 0 Å². The molecule has 92 valence electrons. The summed E-state index contributed by atoms with van der Waals surface area (Å²) in [5.74, 6) is 0. The van der Waals surface area contributed by atoms with Crippen LogP contribution in [0.4, 0.5) is 0 Å². The molecular weight excluding hydrogens is 234 g/mol. The third-order valence-corrected chi connectivity index (χ3v) is 3.76. The number of rotatable bonds is 0. The monoisotopic (exact) mass is 247 g/mol. The van der Waals surface area contributed by atoms with Crippen molar-refractivity contribution in [2.75, 3.05) is 0 Å². The highest BCUT2D eigenvalue weighted by molar-refractivity contribution is 6.18. The molecule has 4 aromatic rings. The lowest BCUT2D eigenvalue weighted by atomic mass is 10.1. The molecule has 3 heteroatoms. The molecule has 4 rings (SSSR count). The van der Waals surface area contributed by atoms with Gasteiger partial charge >= 0.3 is 0 Å². The van der Waals surface area contributed by atoms with Crippen LogP contribution >= 0.6 is 0 Å². The summed E-state index contributed by atoms with van der Waals surface area (Å²) in [4.78, 5) is 8.92. The summed E-state index contributed by atoms with van der Waals surface area (Å²) in [6.45, 7) is 2.12. The number of aryl methyl sites for hydroxylation is 2. The molecule has 0 atom stereocenters. The van der Waals surface area contributed by atoms with Gasteiger partial charge in [0.15, 0.2) is 0 Å². The van der Waals surface area contributed by atoms with Crippen molar-refractivity contribution in [3.8, 4) is 0 Å². The van der Waals surface area contributed by atoms with Crippen molar-refractivity contribution in [1.29, 1.82) is 0 Å². The van der Waals surface area contributed by atoms with Crippen LogP contribution in [-0.4, -0.2) is 14.5 Å². The third kappa shape index (κ3) is 1.32. The molecule has 0 aliphatic heterocycles. The van der Waals surface area contributed by atoms with E-state index in [0.717, 1.165) is 11.0 Å². The van der Waals surface area contributed by atoms with Crippen LogP contribution in [0.3, 0.4) is 0 Å². The highest BCUT2D eigenvalue weighted by atomic mass is 14.9. The van der Waals surface area contributed by atoms with Crippen LogP contribution in [-0.2, 0) is 7.05 Å². The van der Waals surface area contributed by atoms with Gasteiger partial charge in [0.05, 0.1) is 16.6 Å². The molecule has 0 unspecified atom stereocenters. The molecule has 2 aromatic heterocycles. The molecule has 0 spiro atoms. The second-order valence-electron chi connectivity index (χ2n) is 4.96. The van der Waals surface area contributed by atoms with Crippen LogP contribution in [0.1, 0.15) is 5.56 Å². The molecule has 0 amide bonds. The maximum atomic E-state index is 4.53. The molecule has 0 aliphatic carbocycles. The zero-order chi connectivity index (χ0) is 13.0. The van der Waals surface area contributed by atoms with Crippen LogP contribution in [0.2, 0.25) is 0 Å². The van der Waals surface area contributed by atoms with Gasteiger partial charge in [0.2, 0.25) is 0 Å². The van der Waals surface area contributed by atoms with E-state index in [4.69, 9.17) is 0 Å². The van der Waals surface area contributed by atoms with E-state index in [2.05, 4.69) is 52.8 Å². The van der Waals surface area contributed by atoms with Gasteiger partial charge in [-0.25, -0.2) is 0 Å². The summed E-state index contributed by atoms with van der Waals surface area (Å²) in [6, 6.07) is 10.7. The maximum Gasteiger partial charge on any atom is 0.0986 e. The summed E-state index contributed by atoms with van der Waals surface area (Å²) >= 11 is 0. The predicted molar refractivity (Wildman–Crippen MR) is 78.3 cm³/mol. The van der Waals surface area contributed by atoms with Crippen LogP contribution in [0.5, 0.6) is 0 Å². The van der Waals surface area contributed by atoms with E-state index in [1.807, 2.05) is 6.07 Å². The molecule has 3 nitrogen and oxygen atoms in total. The smallest absolute Gasteiger partial charge is 0.0986 e. The van der Waals surface area contributed by atoms with Gasteiger partial charge in [-0.05, 0) is 31.2 Å². The average molecular weight is 247 g/mol. The average Bonchev–Trinajstić information content (AvgIpc) is 2.72. The van der Waals surface area contributed by atoms with Crippen molar-refractivity contribution >= 4 is 32.8 Å². The van der Waals surface area contributed by atoms with Crippen molar-refractivity contribution in [1.82, 2.24) is 14.5 Å². The Hall–Kier alpha value is -2.42. The van der Waals surface area contributed by atoms with Gasteiger partial charge in [0, 0.05) is 35.7 Å². The molecule has 2 aromatic carbocycles. The van der Waals surface area contributed by atoms with Gasteiger partial charge in [0.1, 0.15) is 0 Å². The predicted octanol–water partition coefficient (Wildman–Crippen LogP) is 3.58. The van der Waals surface area contributed by atoms with E-state index in [-0.39, 0.29) is 0 Å². The lowest BCUT2D eigenvalue weighted by molar-refractivity contribution is 1.01. The Morgan fingerprint density at radius 1 is 0.947 bits per heavy atom. The molecular formula is C16H13N3. The molecule has 0 N–H and O–H groups in total. The standard InChI is InChI=1S/C16H13N3/c1-10-3-5-13-11(9-10)15-14(19(13)2)6-4-12-16(15)18-8-7-17-12/h3-9H,1-2H3. The van der Waals surface area contributed by atoms with Crippen molar-refractivity contribution in [2.45, 2.75) is 6.92 Å². The number of nitrogens with zero attached hydrogens (tertiary/aromatic N) is 3. The molecule has 0 radical (unpaired) electrons. The van der Waals surface area contributed by atoms with E-state index in [9.17, 15) is 0 Å². The fraction of sp³-hybridized carbons (Fsp3) is 0.125. The molecule has 0 saturated carbocycles. The fourth-order valence-corrected chi connectivity index (χ4v) is 2.84. The lowest BCUT2D eigenvalue weighted by Gasteiger charge is -1.99. The number of aromatic nitrogens is 3. The largest absolute Gasteiger partial charge is 0.344 e. The van der Waals surface area contributed by atoms with Crippen molar-refractivity contribution in [2.24, 2.45) is 7.05 Å². The second-order valence-corrected chi connectivity index (χ2v) is 4.96. The van der Waals surface area contributed by atoms with E-state index < -0.39 is 0 Å². The number of hydrogen-bond acceptors (Lipinski definition) is 2. The Morgan fingerprint density at radius 2 is 1.74 bits per heavy atom. The Bertz CT molecular complexity index is 935. The zero-order valence-electron chi connectivity index (χ0n) is 10.9. The summed E-state index contributed by atoms with van der Waals surface area (Å²) in [5, 5.41) is 2.45. The van der Waals surface area contributed by atoms with Gasteiger partial charge in [-0.15, -0.1) is 0 Å². The zero-order valence-corrected chi connectivity index (χ0v) is 10.9. The van der Waals surface area contributed by atoms with Crippen LogP contribution in [0.25, 0.3) is 32.8 Å². The van der Waals surface area contributed by atoms with Crippen molar-refractivity contribution in [3.05, 3.63) is 48.3 Å². The van der Waals surface area contributed by atoms with Crippen LogP contribution in [0, 0.1) is 6.92 Å². The molecule has 2 heterocycles. The van der Waals surface area contributed by atoms with Gasteiger partial charge in [0.25, 0.3) is 0 Å². The summed E-state index contributed by atoms with van der Waals surface area (Å²) < 4.78 is 2.22. The Morgan fingerprint density at radius 3 is 2.63 bits per heavy atom. The maximum absolute atomic E-state index is 4.53. The van der Waals surface area contributed by atoms with E-state index in [1.165, 1.54) is 27.4 Å². The number of benzene rings is 2. The van der Waals surface area contributed by atoms with Crippen LogP contribution in [0.15, 0.2) is 42.7 Å². The molecule has 0 fully saturated rings. The SMILES string of the molecule is Cc1ccc2c(c1)c1c3nccnc3ccc1n2C. The topological polar surface area (TPSA) is 30.7 Å². The number of fused-ring (bicyclic) bond motifs is 5.